The van der Waals surface area contributed by atoms with Crippen LogP contribution in [-0.2, 0) is 16.6 Å². The van der Waals surface area contributed by atoms with Crippen molar-refractivity contribution in [3.05, 3.63) is 34.7 Å². The first-order valence-electron chi connectivity index (χ1n) is 4.63. The largest absolute Gasteiger partial charge is 0.477 e. The monoisotopic (exact) mass is 254 g/mol. The van der Waals surface area contributed by atoms with Crippen molar-refractivity contribution in [1.29, 1.82) is 0 Å². The molecule has 0 spiro atoms. The molecule has 1 heterocycles. The number of carboxylic acids is 1. The van der Waals surface area contributed by atoms with Crippen molar-refractivity contribution in [2.45, 2.75) is 5.75 Å². The summed E-state index contributed by atoms with van der Waals surface area (Å²) in [5.41, 5.74) is 0.689. The van der Waals surface area contributed by atoms with Crippen LogP contribution in [0.5, 0.6) is 0 Å². The maximum atomic E-state index is 11.3. The summed E-state index contributed by atoms with van der Waals surface area (Å²) < 4.78 is 12.2. The Labute approximate surface area is 99.2 Å². The number of rotatable bonds is 3. The van der Waals surface area contributed by atoms with Gasteiger partial charge in [-0.1, -0.05) is 18.2 Å². The van der Waals surface area contributed by atoms with Gasteiger partial charge >= 0.3 is 5.97 Å². The Morgan fingerprint density at radius 2 is 2.12 bits per heavy atom. The number of aromatic carboxylic acids is 1. The summed E-state index contributed by atoms with van der Waals surface area (Å²) in [4.78, 5) is 11.4. The molecule has 16 heavy (non-hydrogen) atoms. The summed E-state index contributed by atoms with van der Waals surface area (Å²) in [7, 11) is -1.03. The summed E-state index contributed by atoms with van der Waals surface area (Å²) in [6, 6.07) is 7.49. The van der Waals surface area contributed by atoms with E-state index in [4.69, 9.17) is 5.11 Å². The fourth-order valence-corrected chi connectivity index (χ4v) is 3.48. The number of carboxylic acid groups (broad SMARTS) is 1. The van der Waals surface area contributed by atoms with Gasteiger partial charge in [0, 0.05) is 21.8 Å². The van der Waals surface area contributed by atoms with E-state index in [0.29, 0.717) is 16.2 Å². The van der Waals surface area contributed by atoms with Crippen LogP contribution in [0.25, 0.3) is 10.1 Å². The fraction of sp³-hybridized carbons (Fsp3) is 0.182. The van der Waals surface area contributed by atoms with Crippen LogP contribution in [0.2, 0.25) is 0 Å². The molecule has 3 nitrogen and oxygen atoms in total. The molecule has 1 atom stereocenters. The van der Waals surface area contributed by atoms with Crippen LogP contribution in [-0.4, -0.2) is 21.5 Å². The van der Waals surface area contributed by atoms with E-state index in [1.165, 1.54) is 11.3 Å². The van der Waals surface area contributed by atoms with Crippen molar-refractivity contribution in [2.75, 3.05) is 6.26 Å². The molecule has 0 fully saturated rings. The molecule has 2 aromatic rings. The van der Waals surface area contributed by atoms with Crippen molar-refractivity contribution in [3.8, 4) is 0 Å². The number of thiophene rings is 1. The molecule has 1 aromatic carbocycles. The summed E-state index contributed by atoms with van der Waals surface area (Å²) in [5, 5.41) is 9.99. The van der Waals surface area contributed by atoms with Crippen molar-refractivity contribution in [3.63, 3.8) is 0 Å². The van der Waals surface area contributed by atoms with Gasteiger partial charge in [0.05, 0.1) is 5.75 Å². The van der Waals surface area contributed by atoms with Crippen LogP contribution in [0.1, 0.15) is 15.2 Å². The average molecular weight is 254 g/mol. The van der Waals surface area contributed by atoms with Crippen LogP contribution in [0.3, 0.4) is 0 Å². The Morgan fingerprint density at radius 3 is 2.75 bits per heavy atom. The molecule has 2 rings (SSSR count). The summed E-state index contributed by atoms with van der Waals surface area (Å²) in [6.07, 6.45) is 1.58. The van der Waals surface area contributed by atoms with Crippen molar-refractivity contribution < 1.29 is 14.1 Å². The highest BCUT2D eigenvalue weighted by atomic mass is 32.2. The predicted molar refractivity (Wildman–Crippen MR) is 66.6 cm³/mol. The van der Waals surface area contributed by atoms with Gasteiger partial charge in [-0.05, 0) is 17.0 Å². The summed E-state index contributed by atoms with van der Waals surface area (Å²) >= 11 is 1.24. The van der Waals surface area contributed by atoms with Gasteiger partial charge in [0.1, 0.15) is 4.88 Å². The summed E-state index contributed by atoms with van der Waals surface area (Å²) in [5.74, 6) is -0.646. The molecule has 0 amide bonds. The SMILES string of the molecule is C[S@@](=O)Cc1c(C(=O)O)sc2ccccc12. The van der Waals surface area contributed by atoms with Crippen LogP contribution in [0.4, 0.5) is 0 Å². The normalized spacial score (nSPS) is 12.8. The number of hydrogen-bond acceptors (Lipinski definition) is 3. The second-order valence-corrected chi connectivity index (χ2v) is 5.92. The lowest BCUT2D eigenvalue weighted by molar-refractivity contribution is 0.0701. The molecule has 0 saturated carbocycles. The molecule has 0 unspecified atom stereocenters. The van der Waals surface area contributed by atoms with Crippen LogP contribution in [0.15, 0.2) is 24.3 Å². The third kappa shape index (κ3) is 2.01. The van der Waals surface area contributed by atoms with E-state index < -0.39 is 16.8 Å². The number of hydrogen-bond donors (Lipinski definition) is 1. The second kappa shape index (κ2) is 4.35. The topological polar surface area (TPSA) is 54.4 Å². The predicted octanol–water partition coefficient (Wildman–Crippen LogP) is 2.48. The number of carbonyl (C=O) groups is 1. The van der Waals surface area contributed by atoms with E-state index >= 15 is 0 Å². The van der Waals surface area contributed by atoms with Gasteiger partial charge in [-0.25, -0.2) is 4.79 Å². The molecule has 0 aliphatic rings. The molecule has 0 bridgehead atoms. The average Bonchev–Trinajstić information content (AvgIpc) is 2.57. The van der Waals surface area contributed by atoms with E-state index in [1.54, 1.807) is 6.26 Å². The highest BCUT2D eigenvalue weighted by Gasteiger charge is 2.17. The minimum Gasteiger partial charge on any atom is -0.477 e. The maximum absolute atomic E-state index is 11.3. The highest BCUT2D eigenvalue weighted by molar-refractivity contribution is 7.83. The minimum atomic E-state index is -1.03. The Morgan fingerprint density at radius 1 is 1.44 bits per heavy atom. The quantitative estimate of drug-likeness (QED) is 0.915. The van der Waals surface area contributed by atoms with Crippen molar-refractivity contribution >= 4 is 38.2 Å². The zero-order valence-electron chi connectivity index (χ0n) is 8.60. The zero-order valence-corrected chi connectivity index (χ0v) is 10.2. The third-order valence-electron chi connectivity index (χ3n) is 2.24. The molecule has 1 N–H and O–H groups in total. The van der Waals surface area contributed by atoms with Gasteiger partial charge in [0.2, 0.25) is 0 Å². The zero-order chi connectivity index (χ0) is 11.7. The molecular weight excluding hydrogens is 244 g/mol. The summed E-state index contributed by atoms with van der Waals surface area (Å²) in [6.45, 7) is 0. The van der Waals surface area contributed by atoms with Crippen LogP contribution >= 0.6 is 11.3 Å². The van der Waals surface area contributed by atoms with Gasteiger partial charge in [-0.2, -0.15) is 0 Å². The fourth-order valence-electron chi connectivity index (χ4n) is 1.62. The standard InChI is InChI=1S/C11H10O3S2/c1-16(14)6-8-7-4-2-3-5-9(7)15-10(8)11(12)13/h2-5H,6H2,1H3,(H,12,13)/t16-/m1/s1. The first-order chi connectivity index (χ1) is 7.59. The molecule has 5 heteroatoms. The molecule has 0 aliphatic carbocycles. The van der Waals surface area contributed by atoms with Crippen LogP contribution in [0, 0.1) is 0 Å². The molecule has 84 valence electrons. The number of fused-ring (bicyclic) bond motifs is 1. The van der Waals surface area contributed by atoms with E-state index in [-0.39, 0.29) is 0 Å². The van der Waals surface area contributed by atoms with Crippen LogP contribution < -0.4 is 0 Å². The first-order valence-corrected chi connectivity index (χ1v) is 7.17. The van der Waals surface area contributed by atoms with Gasteiger partial charge in [0.15, 0.2) is 0 Å². The smallest absolute Gasteiger partial charge is 0.346 e. The van der Waals surface area contributed by atoms with E-state index in [1.807, 2.05) is 24.3 Å². The van der Waals surface area contributed by atoms with E-state index in [2.05, 4.69) is 0 Å². The Hall–Kier alpha value is -1.20. The Bertz CT molecular complexity index is 572. The van der Waals surface area contributed by atoms with Crippen molar-refractivity contribution in [2.24, 2.45) is 0 Å². The van der Waals surface area contributed by atoms with Gasteiger partial charge in [-0.15, -0.1) is 11.3 Å². The molecule has 0 aliphatic heterocycles. The Kier molecular flexibility index (Phi) is 3.07. The third-order valence-corrected chi connectivity index (χ3v) is 4.14. The Balaban J connectivity index is 2.69. The van der Waals surface area contributed by atoms with E-state index in [0.717, 1.165) is 10.1 Å². The number of benzene rings is 1. The molecule has 0 saturated heterocycles. The minimum absolute atomic E-state index is 0.297. The molecular formula is C11H10O3S2. The second-order valence-electron chi connectivity index (χ2n) is 3.43. The van der Waals surface area contributed by atoms with Gasteiger partial charge in [-0.3, -0.25) is 4.21 Å². The van der Waals surface area contributed by atoms with Gasteiger partial charge < -0.3 is 5.11 Å². The lowest BCUT2D eigenvalue weighted by atomic mass is 10.1. The highest BCUT2D eigenvalue weighted by Crippen LogP contribution is 2.31. The lowest BCUT2D eigenvalue weighted by Gasteiger charge is -1.98. The lowest BCUT2D eigenvalue weighted by Crippen LogP contribution is -2.00. The first kappa shape index (κ1) is 11.3. The van der Waals surface area contributed by atoms with E-state index in [9.17, 15) is 9.00 Å². The van der Waals surface area contributed by atoms with Crippen molar-refractivity contribution in [1.82, 2.24) is 0 Å². The molecule has 1 aromatic heterocycles. The van der Waals surface area contributed by atoms with Gasteiger partial charge in [0.25, 0.3) is 0 Å². The maximum Gasteiger partial charge on any atom is 0.346 e. The molecule has 0 radical (unpaired) electrons.